The molecule has 0 aromatic heterocycles. The van der Waals surface area contributed by atoms with Gasteiger partial charge in [0.25, 0.3) is 0 Å². The molecule has 2 N–H and O–H groups in total. The van der Waals surface area contributed by atoms with E-state index in [-0.39, 0.29) is 5.91 Å². The van der Waals surface area contributed by atoms with Crippen LogP contribution in [0.5, 0.6) is 5.75 Å². The van der Waals surface area contributed by atoms with E-state index >= 15 is 0 Å². The van der Waals surface area contributed by atoms with Gasteiger partial charge in [0.05, 0.1) is 6.61 Å². The Morgan fingerprint density at radius 3 is 2.27 bits per heavy atom. The fraction of sp³-hybridized carbons (Fsp3) is 0.417. The Kier molecular flexibility index (Phi) is 3.72. The van der Waals surface area contributed by atoms with E-state index in [0.717, 1.165) is 23.3 Å². The number of aryl methyl sites for hydroxylation is 2. The molecule has 0 aliphatic heterocycles. The van der Waals surface area contributed by atoms with Gasteiger partial charge in [0.15, 0.2) is 0 Å². The van der Waals surface area contributed by atoms with Crippen molar-refractivity contribution in [1.82, 2.24) is 0 Å². The van der Waals surface area contributed by atoms with Crippen LogP contribution >= 0.6 is 0 Å². The summed E-state index contributed by atoms with van der Waals surface area (Å²) in [6.45, 7) is 6.48. The first-order valence-electron chi connectivity index (χ1n) is 5.10. The minimum absolute atomic E-state index is 0.382. The monoisotopic (exact) mass is 207 g/mol. The molecule has 1 amide bonds. The van der Waals surface area contributed by atoms with E-state index in [2.05, 4.69) is 6.92 Å². The summed E-state index contributed by atoms with van der Waals surface area (Å²) in [7, 11) is 0. The maximum Gasteiger partial charge on any atom is 0.249 e. The Labute approximate surface area is 90.2 Å². The zero-order chi connectivity index (χ0) is 11.4. The number of amides is 1. The van der Waals surface area contributed by atoms with E-state index in [1.54, 1.807) is 0 Å². The summed E-state index contributed by atoms with van der Waals surface area (Å²) in [5.74, 6) is 0.420. The number of rotatable bonds is 4. The molecule has 82 valence electrons. The molecule has 0 fully saturated rings. The summed E-state index contributed by atoms with van der Waals surface area (Å²) in [5, 5.41) is 0. The quantitative estimate of drug-likeness (QED) is 0.822. The first kappa shape index (κ1) is 11.6. The predicted molar refractivity (Wildman–Crippen MR) is 60.2 cm³/mol. The van der Waals surface area contributed by atoms with Gasteiger partial charge in [-0.2, -0.15) is 0 Å². The van der Waals surface area contributed by atoms with E-state index in [0.29, 0.717) is 12.2 Å². The molecule has 1 aromatic carbocycles. The summed E-state index contributed by atoms with van der Waals surface area (Å²) in [4.78, 5) is 11.1. The molecule has 0 aliphatic rings. The highest BCUT2D eigenvalue weighted by Gasteiger charge is 2.10. The fourth-order valence-electron chi connectivity index (χ4n) is 1.62. The van der Waals surface area contributed by atoms with Crippen molar-refractivity contribution in [3.05, 3.63) is 28.8 Å². The van der Waals surface area contributed by atoms with Crippen LogP contribution in [0.2, 0.25) is 0 Å². The molecule has 0 atom stereocenters. The summed E-state index contributed by atoms with van der Waals surface area (Å²) in [6, 6.07) is 3.70. The molecule has 1 rings (SSSR count). The molecule has 0 heterocycles. The number of primary amides is 1. The molecule has 0 radical (unpaired) electrons. The average Bonchev–Trinajstić information content (AvgIpc) is 2.12. The molecule has 1 aromatic rings. The van der Waals surface area contributed by atoms with E-state index in [1.807, 2.05) is 26.0 Å². The summed E-state index contributed by atoms with van der Waals surface area (Å²) < 4.78 is 5.50. The van der Waals surface area contributed by atoms with Crippen molar-refractivity contribution in [3.8, 4) is 5.75 Å². The molecule has 3 nitrogen and oxygen atoms in total. The highest BCUT2D eigenvalue weighted by molar-refractivity contribution is 5.96. The maximum absolute atomic E-state index is 11.1. The molecule has 0 bridgehead atoms. The number of hydrogen-bond donors (Lipinski definition) is 1. The average molecular weight is 207 g/mol. The molecule has 0 aliphatic carbocycles. The molecule has 0 saturated carbocycles. The van der Waals surface area contributed by atoms with Crippen molar-refractivity contribution in [2.75, 3.05) is 6.61 Å². The Morgan fingerprint density at radius 1 is 1.33 bits per heavy atom. The lowest BCUT2D eigenvalue weighted by Crippen LogP contribution is -2.14. The van der Waals surface area contributed by atoms with Crippen molar-refractivity contribution < 1.29 is 9.53 Å². The zero-order valence-electron chi connectivity index (χ0n) is 9.46. The second-order valence-electron chi connectivity index (χ2n) is 3.64. The summed E-state index contributed by atoms with van der Waals surface area (Å²) in [6.07, 6.45) is 0.968. The zero-order valence-corrected chi connectivity index (χ0v) is 9.46. The van der Waals surface area contributed by atoms with Gasteiger partial charge < -0.3 is 10.5 Å². The van der Waals surface area contributed by atoms with Crippen molar-refractivity contribution in [3.63, 3.8) is 0 Å². The van der Waals surface area contributed by atoms with Crippen LogP contribution in [-0.4, -0.2) is 12.5 Å². The third-order valence-corrected chi connectivity index (χ3v) is 2.23. The third-order valence-electron chi connectivity index (χ3n) is 2.23. The highest BCUT2D eigenvalue weighted by Crippen LogP contribution is 2.21. The summed E-state index contributed by atoms with van der Waals surface area (Å²) >= 11 is 0. The van der Waals surface area contributed by atoms with Crippen LogP contribution in [-0.2, 0) is 0 Å². The van der Waals surface area contributed by atoms with Crippen LogP contribution in [0.1, 0.15) is 34.8 Å². The van der Waals surface area contributed by atoms with Crippen LogP contribution in [0.25, 0.3) is 0 Å². The van der Waals surface area contributed by atoms with Crippen LogP contribution in [0.4, 0.5) is 0 Å². The van der Waals surface area contributed by atoms with Crippen LogP contribution in [0, 0.1) is 13.8 Å². The standard InChI is InChI=1S/C12H17NO2/c1-4-5-15-10-6-8(2)11(12(13)14)9(3)7-10/h6-7H,4-5H2,1-3H3,(H2,13,14). The Balaban J connectivity index is 3.03. The van der Waals surface area contributed by atoms with Gasteiger partial charge in [-0.15, -0.1) is 0 Å². The molecule has 0 unspecified atom stereocenters. The van der Waals surface area contributed by atoms with Crippen molar-refractivity contribution in [2.45, 2.75) is 27.2 Å². The first-order valence-corrected chi connectivity index (χ1v) is 5.10. The third kappa shape index (κ3) is 2.72. The number of nitrogens with two attached hydrogens (primary N) is 1. The van der Waals surface area contributed by atoms with Gasteiger partial charge >= 0.3 is 0 Å². The number of carbonyl (C=O) groups is 1. The topological polar surface area (TPSA) is 52.3 Å². The lowest BCUT2D eigenvalue weighted by atomic mass is 10.0. The van der Waals surface area contributed by atoms with Crippen LogP contribution in [0.15, 0.2) is 12.1 Å². The normalized spacial score (nSPS) is 10.1. The van der Waals surface area contributed by atoms with E-state index < -0.39 is 0 Å². The molecule has 3 heteroatoms. The minimum atomic E-state index is -0.382. The van der Waals surface area contributed by atoms with Crippen molar-refractivity contribution >= 4 is 5.91 Å². The maximum atomic E-state index is 11.1. The number of carbonyl (C=O) groups excluding carboxylic acids is 1. The summed E-state index contributed by atoms with van der Waals surface area (Å²) in [5.41, 5.74) is 7.62. The number of ether oxygens (including phenoxy) is 1. The smallest absolute Gasteiger partial charge is 0.249 e. The first-order chi connectivity index (χ1) is 7.06. The lowest BCUT2D eigenvalue weighted by molar-refractivity contribution is 0.0999. The van der Waals surface area contributed by atoms with Gasteiger partial charge in [0, 0.05) is 5.56 Å². The van der Waals surface area contributed by atoms with E-state index in [1.165, 1.54) is 0 Å². The Morgan fingerprint density at radius 2 is 1.87 bits per heavy atom. The predicted octanol–water partition coefficient (Wildman–Crippen LogP) is 2.19. The number of benzene rings is 1. The van der Waals surface area contributed by atoms with Gasteiger partial charge in [-0.05, 0) is 43.5 Å². The number of hydrogen-bond acceptors (Lipinski definition) is 2. The van der Waals surface area contributed by atoms with Crippen LogP contribution < -0.4 is 10.5 Å². The Bertz CT molecular complexity index is 349. The van der Waals surface area contributed by atoms with E-state index in [4.69, 9.17) is 10.5 Å². The highest BCUT2D eigenvalue weighted by atomic mass is 16.5. The fourth-order valence-corrected chi connectivity index (χ4v) is 1.62. The van der Waals surface area contributed by atoms with E-state index in [9.17, 15) is 4.79 Å². The minimum Gasteiger partial charge on any atom is -0.494 e. The second kappa shape index (κ2) is 4.82. The Hall–Kier alpha value is -1.51. The molecule has 0 saturated heterocycles. The van der Waals surface area contributed by atoms with Gasteiger partial charge in [0.2, 0.25) is 5.91 Å². The molecular formula is C12H17NO2. The molecule has 0 spiro atoms. The van der Waals surface area contributed by atoms with Crippen molar-refractivity contribution in [2.24, 2.45) is 5.73 Å². The SMILES string of the molecule is CCCOc1cc(C)c(C(N)=O)c(C)c1. The lowest BCUT2D eigenvalue weighted by Gasteiger charge is -2.10. The van der Waals surface area contributed by atoms with Gasteiger partial charge in [-0.25, -0.2) is 0 Å². The van der Waals surface area contributed by atoms with Gasteiger partial charge in [-0.1, -0.05) is 6.92 Å². The second-order valence-corrected chi connectivity index (χ2v) is 3.64. The van der Waals surface area contributed by atoms with Gasteiger partial charge in [0.1, 0.15) is 5.75 Å². The largest absolute Gasteiger partial charge is 0.494 e. The van der Waals surface area contributed by atoms with Crippen molar-refractivity contribution in [1.29, 1.82) is 0 Å². The van der Waals surface area contributed by atoms with Crippen LogP contribution in [0.3, 0.4) is 0 Å². The van der Waals surface area contributed by atoms with Gasteiger partial charge in [-0.3, -0.25) is 4.79 Å². The molecule has 15 heavy (non-hydrogen) atoms. The molecular weight excluding hydrogens is 190 g/mol.